The fourth-order valence-corrected chi connectivity index (χ4v) is 4.77. The van der Waals surface area contributed by atoms with Crippen molar-refractivity contribution in [2.24, 2.45) is 0 Å². The Bertz CT molecular complexity index is 614. The van der Waals surface area contributed by atoms with Gasteiger partial charge in [0.1, 0.15) is 5.82 Å². The SMILES string of the molecule is CC(C)NS(=O)CCNc1nc(N2CCNCC2)ncc1C1CCCCC1. The Labute approximate surface area is 165 Å². The van der Waals surface area contributed by atoms with E-state index in [1.165, 1.54) is 37.7 Å². The molecule has 8 heteroatoms. The van der Waals surface area contributed by atoms with Gasteiger partial charge in [0.2, 0.25) is 5.95 Å². The molecule has 0 spiro atoms. The van der Waals surface area contributed by atoms with Crippen LogP contribution in [0.3, 0.4) is 0 Å². The first-order valence-corrected chi connectivity index (χ1v) is 11.7. The molecule has 0 amide bonds. The Morgan fingerprint density at radius 3 is 2.70 bits per heavy atom. The summed E-state index contributed by atoms with van der Waals surface area (Å²) in [5, 5.41) is 6.84. The van der Waals surface area contributed by atoms with Crippen LogP contribution in [-0.4, -0.2) is 58.7 Å². The number of hydrogen-bond donors (Lipinski definition) is 3. The van der Waals surface area contributed by atoms with Crippen LogP contribution in [0.15, 0.2) is 6.20 Å². The summed E-state index contributed by atoms with van der Waals surface area (Å²) in [7, 11) is -1.02. The second-order valence-corrected chi connectivity index (χ2v) is 9.13. The number of piperazine rings is 1. The second kappa shape index (κ2) is 10.3. The fraction of sp³-hybridized carbons (Fsp3) is 0.789. The first-order valence-electron chi connectivity index (χ1n) is 10.3. The predicted molar refractivity (Wildman–Crippen MR) is 113 cm³/mol. The van der Waals surface area contributed by atoms with Crippen molar-refractivity contribution in [3.63, 3.8) is 0 Å². The third-order valence-corrected chi connectivity index (χ3v) is 6.51. The van der Waals surface area contributed by atoms with Crippen LogP contribution in [-0.2, 0) is 11.0 Å². The molecule has 1 unspecified atom stereocenters. The van der Waals surface area contributed by atoms with Crippen LogP contribution in [0.4, 0.5) is 11.8 Å². The van der Waals surface area contributed by atoms with Gasteiger partial charge in [-0.3, -0.25) is 0 Å². The van der Waals surface area contributed by atoms with Gasteiger partial charge in [0.15, 0.2) is 0 Å². The van der Waals surface area contributed by atoms with E-state index < -0.39 is 11.0 Å². The van der Waals surface area contributed by atoms with E-state index in [-0.39, 0.29) is 6.04 Å². The molecule has 27 heavy (non-hydrogen) atoms. The topological polar surface area (TPSA) is 82.2 Å². The van der Waals surface area contributed by atoms with Crippen LogP contribution in [0.1, 0.15) is 57.4 Å². The van der Waals surface area contributed by atoms with E-state index in [2.05, 4.69) is 20.3 Å². The van der Waals surface area contributed by atoms with E-state index in [0.717, 1.165) is 37.9 Å². The van der Waals surface area contributed by atoms with E-state index in [0.29, 0.717) is 18.2 Å². The maximum absolute atomic E-state index is 12.1. The Morgan fingerprint density at radius 2 is 2.00 bits per heavy atom. The van der Waals surface area contributed by atoms with Crippen LogP contribution in [0.5, 0.6) is 0 Å². The minimum absolute atomic E-state index is 0.224. The molecule has 3 N–H and O–H groups in total. The summed E-state index contributed by atoms with van der Waals surface area (Å²) in [6, 6.07) is 0.224. The van der Waals surface area contributed by atoms with Gasteiger partial charge >= 0.3 is 0 Å². The second-order valence-electron chi connectivity index (χ2n) is 7.79. The summed E-state index contributed by atoms with van der Waals surface area (Å²) < 4.78 is 15.1. The van der Waals surface area contributed by atoms with Gasteiger partial charge in [0.05, 0.1) is 16.7 Å². The average molecular weight is 395 g/mol. The quantitative estimate of drug-likeness (QED) is 0.626. The van der Waals surface area contributed by atoms with Gasteiger partial charge in [0, 0.05) is 50.5 Å². The molecule has 1 aliphatic carbocycles. The zero-order valence-corrected chi connectivity index (χ0v) is 17.5. The third-order valence-electron chi connectivity index (χ3n) is 5.20. The Kier molecular flexibility index (Phi) is 7.84. The van der Waals surface area contributed by atoms with Crippen LogP contribution in [0.2, 0.25) is 0 Å². The highest BCUT2D eigenvalue weighted by Crippen LogP contribution is 2.36. The van der Waals surface area contributed by atoms with E-state index in [9.17, 15) is 4.21 Å². The van der Waals surface area contributed by atoms with Crippen molar-refractivity contribution in [3.8, 4) is 0 Å². The first-order chi connectivity index (χ1) is 13.1. The zero-order chi connectivity index (χ0) is 19.1. The molecule has 1 aromatic rings. The highest BCUT2D eigenvalue weighted by atomic mass is 32.2. The molecule has 1 aromatic heterocycles. The van der Waals surface area contributed by atoms with Crippen molar-refractivity contribution in [2.45, 2.75) is 57.9 Å². The van der Waals surface area contributed by atoms with Crippen LogP contribution in [0.25, 0.3) is 0 Å². The van der Waals surface area contributed by atoms with Gasteiger partial charge in [-0.1, -0.05) is 19.3 Å². The fourth-order valence-electron chi connectivity index (χ4n) is 3.84. The van der Waals surface area contributed by atoms with Crippen molar-refractivity contribution in [3.05, 3.63) is 11.8 Å². The summed E-state index contributed by atoms with van der Waals surface area (Å²) in [6.07, 6.45) is 8.36. The van der Waals surface area contributed by atoms with Crippen molar-refractivity contribution in [2.75, 3.05) is 48.7 Å². The Balaban J connectivity index is 1.70. The monoisotopic (exact) mass is 394 g/mol. The number of aromatic nitrogens is 2. The van der Waals surface area contributed by atoms with Crippen molar-refractivity contribution >= 4 is 22.8 Å². The summed E-state index contributed by atoms with van der Waals surface area (Å²) in [6.45, 7) is 8.47. The van der Waals surface area contributed by atoms with Gasteiger partial charge in [0.25, 0.3) is 0 Å². The van der Waals surface area contributed by atoms with Crippen LogP contribution >= 0.6 is 0 Å². The number of hydrogen-bond acceptors (Lipinski definition) is 6. The molecule has 0 bridgehead atoms. The summed E-state index contributed by atoms with van der Waals surface area (Å²) >= 11 is 0. The molecule has 0 radical (unpaired) electrons. The average Bonchev–Trinajstić information content (AvgIpc) is 2.69. The van der Waals surface area contributed by atoms with Gasteiger partial charge in [-0.25, -0.2) is 13.9 Å². The molecule has 0 aromatic carbocycles. The van der Waals surface area contributed by atoms with Crippen LogP contribution in [0, 0.1) is 0 Å². The minimum atomic E-state index is -1.02. The molecular weight excluding hydrogens is 360 g/mol. The molecular formula is C19H34N6OS. The number of nitrogens with zero attached hydrogens (tertiary/aromatic N) is 3. The highest BCUT2D eigenvalue weighted by Gasteiger charge is 2.22. The van der Waals surface area contributed by atoms with E-state index >= 15 is 0 Å². The summed E-state index contributed by atoms with van der Waals surface area (Å²) in [4.78, 5) is 11.8. The van der Waals surface area contributed by atoms with Gasteiger partial charge in [-0.05, 0) is 32.6 Å². The number of anilines is 2. The maximum Gasteiger partial charge on any atom is 0.227 e. The zero-order valence-electron chi connectivity index (χ0n) is 16.7. The van der Waals surface area contributed by atoms with Crippen molar-refractivity contribution in [1.29, 1.82) is 0 Å². The molecule has 1 saturated heterocycles. The normalized spacial score (nSPS) is 20.0. The molecule has 1 saturated carbocycles. The third kappa shape index (κ3) is 6.12. The van der Waals surface area contributed by atoms with Crippen molar-refractivity contribution < 1.29 is 4.21 Å². The van der Waals surface area contributed by atoms with E-state index in [1.807, 2.05) is 20.0 Å². The smallest absolute Gasteiger partial charge is 0.227 e. The molecule has 1 aliphatic heterocycles. The highest BCUT2D eigenvalue weighted by molar-refractivity contribution is 7.83. The predicted octanol–water partition coefficient (Wildman–Crippen LogP) is 2.01. The molecule has 1 atom stereocenters. The first kappa shape index (κ1) is 20.5. The number of nitrogens with one attached hydrogen (secondary N) is 3. The largest absolute Gasteiger partial charge is 0.369 e. The molecule has 3 rings (SSSR count). The maximum atomic E-state index is 12.1. The molecule has 152 valence electrons. The molecule has 7 nitrogen and oxygen atoms in total. The van der Waals surface area contributed by atoms with Crippen LogP contribution < -0.4 is 20.3 Å². The van der Waals surface area contributed by atoms with Gasteiger partial charge in [-0.15, -0.1) is 0 Å². The lowest BCUT2D eigenvalue weighted by molar-refractivity contribution is 0.442. The number of rotatable bonds is 8. The summed E-state index contributed by atoms with van der Waals surface area (Å²) in [5.41, 5.74) is 1.23. The minimum Gasteiger partial charge on any atom is -0.369 e. The van der Waals surface area contributed by atoms with Crippen molar-refractivity contribution in [1.82, 2.24) is 20.0 Å². The van der Waals surface area contributed by atoms with E-state index in [4.69, 9.17) is 9.97 Å². The lowest BCUT2D eigenvalue weighted by Crippen LogP contribution is -2.44. The van der Waals surface area contributed by atoms with Gasteiger partial charge in [-0.2, -0.15) is 4.98 Å². The van der Waals surface area contributed by atoms with E-state index in [1.54, 1.807) is 0 Å². The van der Waals surface area contributed by atoms with Gasteiger partial charge < -0.3 is 15.5 Å². The molecule has 2 heterocycles. The Morgan fingerprint density at radius 1 is 1.26 bits per heavy atom. The summed E-state index contributed by atoms with van der Waals surface area (Å²) in [5.74, 6) is 2.85. The molecule has 2 aliphatic rings. The Hall–Kier alpha value is -1.25. The lowest BCUT2D eigenvalue weighted by atomic mass is 9.85. The lowest BCUT2D eigenvalue weighted by Gasteiger charge is -2.29. The standard InChI is InChI=1S/C19H34N6OS/c1-15(2)24-27(26)13-10-21-18-17(16-6-4-3-5-7-16)14-22-19(23-18)25-11-8-20-9-12-25/h14-16,20,24H,3-13H2,1-2H3,(H,21,22,23). The molecule has 2 fully saturated rings.